The monoisotopic (exact) mass is 325 g/mol. The number of benzene rings is 1. The van der Waals surface area contributed by atoms with Crippen molar-refractivity contribution in [3.63, 3.8) is 0 Å². The van der Waals surface area contributed by atoms with Gasteiger partial charge >= 0.3 is 0 Å². The predicted molar refractivity (Wildman–Crippen MR) is 88.7 cm³/mol. The highest BCUT2D eigenvalue weighted by atomic mass is 79.9. The van der Waals surface area contributed by atoms with Crippen molar-refractivity contribution in [3.8, 4) is 0 Å². The fourth-order valence-corrected chi connectivity index (χ4v) is 2.81. The lowest BCUT2D eigenvalue weighted by molar-refractivity contribution is 0.394. The Balaban J connectivity index is 2.70. The van der Waals surface area contributed by atoms with Crippen molar-refractivity contribution in [2.75, 3.05) is 13.1 Å². The van der Waals surface area contributed by atoms with Gasteiger partial charge in [-0.1, -0.05) is 68.6 Å². The summed E-state index contributed by atoms with van der Waals surface area (Å²) < 4.78 is 1.16. The SMILES string of the molecule is CCCC(C)C(CNCC(C)C)c1ccc(Br)cc1. The van der Waals surface area contributed by atoms with E-state index in [-0.39, 0.29) is 0 Å². The molecule has 0 spiro atoms. The van der Waals surface area contributed by atoms with Crippen LogP contribution in [0.3, 0.4) is 0 Å². The second kappa shape index (κ2) is 8.76. The third-order valence-electron chi connectivity index (χ3n) is 3.65. The zero-order chi connectivity index (χ0) is 14.3. The van der Waals surface area contributed by atoms with Gasteiger partial charge in [0.15, 0.2) is 0 Å². The minimum Gasteiger partial charge on any atom is -0.316 e. The van der Waals surface area contributed by atoms with Gasteiger partial charge in [-0.15, -0.1) is 0 Å². The molecule has 1 aromatic rings. The smallest absolute Gasteiger partial charge is 0.0175 e. The van der Waals surface area contributed by atoms with Gasteiger partial charge in [0, 0.05) is 11.0 Å². The minimum atomic E-state index is 0.617. The number of nitrogens with one attached hydrogen (secondary N) is 1. The highest BCUT2D eigenvalue weighted by Gasteiger charge is 2.18. The Kier molecular flexibility index (Phi) is 7.70. The molecule has 0 fully saturated rings. The maximum absolute atomic E-state index is 3.63. The van der Waals surface area contributed by atoms with Gasteiger partial charge in [0.1, 0.15) is 0 Å². The summed E-state index contributed by atoms with van der Waals surface area (Å²) >= 11 is 3.52. The predicted octanol–water partition coefficient (Wildman–Crippen LogP) is 5.21. The van der Waals surface area contributed by atoms with Crippen molar-refractivity contribution in [3.05, 3.63) is 34.3 Å². The summed E-state index contributed by atoms with van der Waals surface area (Å²) in [7, 11) is 0. The molecule has 0 saturated heterocycles. The summed E-state index contributed by atoms with van der Waals surface area (Å²) in [5.41, 5.74) is 1.46. The van der Waals surface area contributed by atoms with Crippen molar-refractivity contribution in [2.45, 2.75) is 46.5 Å². The zero-order valence-corrected chi connectivity index (χ0v) is 14.3. The Bertz CT molecular complexity index is 345. The molecule has 2 unspecified atom stereocenters. The van der Waals surface area contributed by atoms with E-state index in [4.69, 9.17) is 0 Å². The van der Waals surface area contributed by atoms with Crippen LogP contribution in [0.25, 0.3) is 0 Å². The fourth-order valence-electron chi connectivity index (χ4n) is 2.54. The number of rotatable bonds is 8. The maximum atomic E-state index is 3.63. The minimum absolute atomic E-state index is 0.617. The van der Waals surface area contributed by atoms with Gasteiger partial charge in [-0.25, -0.2) is 0 Å². The Morgan fingerprint density at radius 1 is 1.05 bits per heavy atom. The van der Waals surface area contributed by atoms with E-state index in [0.717, 1.165) is 23.5 Å². The van der Waals surface area contributed by atoms with Crippen molar-refractivity contribution in [2.24, 2.45) is 11.8 Å². The Labute approximate surface area is 127 Å². The standard InChI is InChI=1S/C17H28BrN/c1-5-6-14(4)17(12-19-11-13(2)3)15-7-9-16(18)10-8-15/h7-10,13-14,17,19H,5-6,11-12H2,1-4H3. The Morgan fingerprint density at radius 2 is 1.68 bits per heavy atom. The summed E-state index contributed by atoms with van der Waals surface area (Å²) in [6.45, 7) is 11.4. The van der Waals surface area contributed by atoms with E-state index in [0.29, 0.717) is 11.8 Å². The molecule has 0 heterocycles. The summed E-state index contributed by atoms with van der Waals surface area (Å²) in [6.07, 6.45) is 2.56. The Hall–Kier alpha value is -0.340. The van der Waals surface area contributed by atoms with E-state index < -0.39 is 0 Å². The average molecular weight is 326 g/mol. The lowest BCUT2D eigenvalue weighted by atomic mass is 9.84. The quantitative estimate of drug-likeness (QED) is 0.691. The number of hydrogen-bond acceptors (Lipinski definition) is 1. The molecule has 0 radical (unpaired) electrons. The first-order chi connectivity index (χ1) is 9.04. The molecule has 0 aliphatic rings. The molecule has 1 nitrogen and oxygen atoms in total. The molecular formula is C17H28BrN. The molecule has 1 rings (SSSR count). The molecule has 0 amide bonds. The van der Waals surface area contributed by atoms with Gasteiger partial charge in [-0.3, -0.25) is 0 Å². The molecule has 0 aliphatic carbocycles. The van der Waals surface area contributed by atoms with E-state index in [1.165, 1.54) is 18.4 Å². The topological polar surface area (TPSA) is 12.0 Å². The van der Waals surface area contributed by atoms with Crippen LogP contribution < -0.4 is 5.32 Å². The van der Waals surface area contributed by atoms with Gasteiger partial charge in [0.25, 0.3) is 0 Å². The highest BCUT2D eigenvalue weighted by Crippen LogP contribution is 2.28. The van der Waals surface area contributed by atoms with E-state index in [1.54, 1.807) is 0 Å². The molecular weight excluding hydrogens is 298 g/mol. The van der Waals surface area contributed by atoms with Crippen molar-refractivity contribution in [1.82, 2.24) is 5.32 Å². The van der Waals surface area contributed by atoms with Crippen LogP contribution >= 0.6 is 15.9 Å². The summed E-state index contributed by atoms with van der Waals surface area (Å²) in [5, 5.41) is 3.63. The molecule has 1 N–H and O–H groups in total. The van der Waals surface area contributed by atoms with Crippen molar-refractivity contribution >= 4 is 15.9 Å². The third kappa shape index (κ3) is 6.09. The summed E-state index contributed by atoms with van der Waals surface area (Å²) in [4.78, 5) is 0. The highest BCUT2D eigenvalue weighted by molar-refractivity contribution is 9.10. The van der Waals surface area contributed by atoms with E-state index >= 15 is 0 Å². The molecule has 108 valence electrons. The van der Waals surface area contributed by atoms with E-state index in [9.17, 15) is 0 Å². The van der Waals surface area contributed by atoms with Gasteiger partial charge in [0.05, 0.1) is 0 Å². The Morgan fingerprint density at radius 3 is 2.21 bits per heavy atom. The molecule has 0 aliphatic heterocycles. The van der Waals surface area contributed by atoms with Crippen LogP contribution in [0, 0.1) is 11.8 Å². The molecule has 1 aromatic carbocycles. The van der Waals surface area contributed by atoms with Crippen LogP contribution in [-0.4, -0.2) is 13.1 Å². The summed E-state index contributed by atoms with van der Waals surface area (Å²) in [5.74, 6) is 2.06. The molecule has 0 bridgehead atoms. The van der Waals surface area contributed by atoms with Gasteiger partial charge in [-0.2, -0.15) is 0 Å². The first kappa shape index (κ1) is 16.7. The lowest BCUT2D eigenvalue weighted by Gasteiger charge is -2.25. The van der Waals surface area contributed by atoms with Crippen LogP contribution in [0.15, 0.2) is 28.7 Å². The second-order valence-electron chi connectivity index (χ2n) is 5.98. The van der Waals surface area contributed by atoms with Gasteiger partial charge in [0.2, 0.25) is 0 Å². The first-order valence-electron chi connectivity index (χ1n) is 7.50. The molecule has 19 heavy (non-hydrogen) atoms. The first-order valence-corrected chi connectivity index (χ1v) is 8.30. The largest absolute Gasteiger partial charge is 0.316 e. The zero-order valence-electron chi connectivity index (χ0n) is 12.7. The molecule has 0 saturated carbocycles. The van der Waals surface area contributed by atoms with Crippen LogP contribution in [-0.2, 0) is 0 Å². The van der Waals surface area contributed by atoms with Gasteiger partial charge in [-0.05, 0) is 42.0 Å². The van der Waals surface area contributed by atoms with E-state index in [2.05, 4.69) is 73.2 Å². The van der Waals surface area contributed by atoms with Gasteiger partial charge < -0.3 is 5.32 Å². The fraction of sp³-hybridized carbons (Fsp3) is 0.647. The van der Waals surface area contributed by atoms with Crippen LogP contribution in [0.4, 0.5) is 0 Å². The second-order valence-corrected chi connectivity index (χ2v) is 6.89. The van der Waals surface area contributed by atoms with Crippen LogP contribution in [0.5, 0.6) is 0 Å². The van der Waals surface area contributed by atoms with Crippen molar-refractivity contribution in [1.29, 1.82) is 0 Å². The number of hydrogen-bond donors (Lipinski definition) is 1. The summed E-state index contributed by atoms with van der Waals surface area (Å²) in [6, 6.07) is 8.84. The molecule has 2 atom stereocenters. The number of halogens is 1. The third-order valence-corrected chi connectivity index (χ3v) is 4.17. The molecule has 0 aromatic heterocycles. The average Bonchev–Trinajstić information content (AvgIpc) is 2.36. The normalized spacial score (nSPS) is 14.6. The van der Waals surface area contributed by atoms with Crippen molar-refractivity contribution < 1.29 is 0 Å². The molecule has 2 heteroatoms. The van der Waals surface area contributed by atoms with Crippen LogP contribution in [0.2, 0.25) is 0 Å². The van der Waals surface area contributed by atoms with Crippen LogP contribution in [0.1, 0.15) is 52.0 Å². The lowest BCUT2D eigenvalue weighted by Crippen LogP contribution is -2.28. The van der Waals surface area contributed by atoms with E-state index in [1.807, 2.05) is 0 Å². The maximum Gasteiger partial charge on any atom is 0.0175 e.